The summed E-state index contributed by atoms with van der Waals surface area (Å²) in [5, 5.41) is 5.61. The molecule has 8 heteroatoms. The van der Waals surface area contributed by atoms with Gasteiger partial charge in [0.15, 0.2) is 5.65 Å². The van der Waals surface area contributed by atoms with Crippen LogP contribution in [0.1, 0.15) is 67.8 Å². The lowest BCUT2D eigenvalue weighted by atomic mass is 9.89. The van der Waals surface area contributed by atoms with E-state index < -0.39 is 5.82 Å². The van der Waals surface area contributed by atoms with E-state index in [1.165, 1.54) is 18.9 Å². The molecule has 34 heavy (non-hydrogen) atoms. The average molecular weight is 478 g/mol. The highest BCUT2D eigenvalue weighted by Gasteiger charge is 2.33. The summed E-state index contributed by atoms with van der Waals surface area (Å²) in [7, 11) is 0. The van der Waals surface area contributed by atoms with Crippen LogP contribution in [-0.4, -0.2) is 30.8 Å². The summed E-state index contributed by atoms with van der Waals surface area (Å²) in [6.45, 7) is 4.00. The predicted octanol–water partition coefficient (Wildman–Crippen LogP) is 6.35. The molecule has 0 amide bonds. The summed E-state index contributed by atoms with van der Waals surface area (Å²) < 4.78 is 23.3. The van der Waals surface area contributed by atoms with E-state index in [4.69, 9.17) is 26.3 Å². The maximum absolute atomic E-state index is 14.9. The molecule has 3 aromatic heterocycles. The zero-order valence-corrected chi connectivity index (χ0v) is 19.8. The van der Waals surface area contributed by atoms with Gasteiger partial charge in [0.25, 0.3) is 0 Å². The lowest BCUT2D eigenvalue weighted by Crippen LogP contribution is -2.26. The molecule has 2 aliphatic rings. The smallest absolute Gasteiger partial charge is 0.163 e. The average Bonchev–Trinajstić information content (AvgIpc) is 3.54. The predicted molar refractivity (Wildman–Crippen MR) is 128 cm³/mol. The maximum atomic E-state index is 14.9. The number of hydrogen-bond donors (Lipinski definition) is 0. The second-order valence-electron chi connectivity index (χ2n) is 9.47. The fraction of sp³-hybridized carbons (Fsp3) is 0.385. The Hall–Kier alpha value is -2.90. The van der Waals surface area contributed by atoms with Crippen LogP contribution in [0, 0.1) is 12.7 Å². The van der Waals surface area contributed by atoms with Crippen LogP contribution in [-0.2, 0) is 4.74 Å². The van der Waals surface area contributed by atoms with E-state index in [0.29, 0.717) is 33.8 Å². The molecule has 6 nitrogen and oxygen atoms in total. The normalized spacial score (nSPS) is 22.9. The van der Waals surface area contributed by atoms with Crippen molar-refractivity contribution in [1.82, 2.24) is 24.7 Å². The fourth-order valence-corrected chi connectivity index (χ4v) is 4.98. The third-order valence-electron chi connectivity index (χ3n) is 6.69. The maximum Gasteiger partial charge on any atom is 0.163 e. The van der Waals surface area contributed by atoms with Crippen LogP contribution in [0.4, 0.5) is 4.39 Å². The number of fused-ring (bicyclic) bond motifs is 1. The Kier molecular flexibility index (Phi) is 5.34. The van der Waals surface area contributed by atoms with Crippen molar-refractivity contribution in [2.45, 2.75) is 63.7 Å². The molecule has 174 valence electrons. The quantitative estimate of drug-likeness (QED) is 0.342. The third kappa shape index (κ3) is 4.07. The summed E-state index contributed by atoms with van der Waals surface area (Å²) in [6, 6.07) is 9.00. The van der Waals surface area contributed by atoms with Gasteiger partial charge in [0.1, 0.15) is 11.6 Å². The molecule has 0 spiro atoms. The monoisotopic (exact) mass is 477 g/mol. The summed E-state index contributed by atoms with van der Waals surface area (Å²) in [4.78, 5) is 14.4. The highest BCUT2D eigenvalue weighted by Crippen LogP contribution is 2.41. The SMILES string of the molecule is Cc1ccc2c(-c3ccc(Cl)cc3F)nc([C@H]3C[C@@H](c4cnn(C5CC5)c4)O[C@@H](C)C3)nc2n1. The molecule has 6 rings (SSSR count). The second kappa shape index (κ2) is 8.40. The van der Waals surface area contributed by atoms with Crippen molar-refractivity contribution >= 4 is 22.6 Å². The van der Waals surface area contributed by atoms with Crippen molar-refractivity contribution in [3.05, 3.63) is 70.6 Å². The van der Waals surface area contributed by atoms with E-state index in [0.717, 1.165) is 29.5 Å². The van der Waals surface area contributed by atoms with Crippen molar-refractivity contribution in [3.63, 3.8) is 0 Å². The van der Waals surface area contributed by atoms with E-state index in [2.05, 4.69) is 23.2 Å². The van der Waals surface area contributed by atoms with E-state index >= 15 is 0 Å². The van der Waals surface area contributed by atoms with E-state index in [1.54, 1.807) is 12.1 Å². The lowest BCUT2D eigenvalue weighted by Gasteiger charge is -2.33. The minimum atomic E-state index is -0.412. The zero-order valence-electron chi connectivity index (χ0n) is 19.1. The molecule has 2 fully saturated rings. The number of halogens is 2. The second-order valence-corrected chi connectivity index (χ2v) is 9.90. The van der Waals surface area contributed by atoms with Gasteiger partial charge in [-0.05, 0) is 69.9 Å². The molecule has 3 atom stereocenters. The Morgan fingerprint density at radius 2 is 1.94 bits per heavy atom. The molecule has 0 radical (unpaired) electrons. The first-order valence-electron chi connectivity index (χ1n) is 11.7. The molecule has 0 unspecified atom stereocenters. The summed E-state index contributed by atoms with van der Waals surface area (Å²) in [5.74, 6) is 0.313. The number of pyridine rings is 1. The molecular formula is C26H25ClFN5O. The van der Waals surface area contributed by atoms with Crippen molar-refractivity contribution in [3.8, 4) is 11.3 Å². The number of aryl methyl sites for hydroxylation is 1. The molecule has 1 aliphatic carbocycles. The Bertz CT molecular complexity index is 1390. The van der Waals surface area contributed by atoms with Crippen molar-refractivity contribution in [2.75, 3.05) is 0 Å². The Morgan fingerprint density at radius 3 is 2.74 bits per heavy atom. The molecule has 1 saturated carbocycles. The van der Waals surface area contributed by atoms with Crippen LogP contribution < -0.4 is 0 Å². The first kappa shape index (κ1) is 21.6. The van der Waals surface area contributed by atoms with Gasteiger partial charge in [-0.2, -0.15) is 5.10 Å². The first-order valence-corrected chi connectivity index (χ1v) is 12.1. The van der Waals surface area contributed by atoms with Gasteiger partial charge in [-0.1, -0.05) is 11.6 Å². The Balaban J connectivity index is 1.41. The molecule has 4 aromatic rings. The number of ether oxygens (including phenoxy) is 1. The number of rotatable bonds is 4. The van der Waals surface area contributed by atoms with Crippen LogP contribution in [0.2, 0.25) is 5.02 Å². The highest BCUT2D eigenvalue weighted by molar-refractivity contribution is 6.30. The number of benzene rings is 1. The van der Waals surface area contributed by atoms with Crippen LogP contribution in [0.5, 0.6) is 0 Å². The van der Waals surface area contributed by atoms with E-state index in [9.17, 15) is 4.39 Å². The van der Waals surface area contributed by atoms with Gasteiger partial charge in [-0.25, -0.2) is 19.3 Å². The summed E-state index contributed by atoms with van der Waals surface area (Å²) >= 11 is 6.01. The summed E-state index contributed by atoms with van der Waals surface area (Å²) in [6.07, 6.45) is 7.88. The van der Waals surface area contributed by atoms with Crippen molar-refractivity contribution in [2.24, 2.45) is 0 Å². The number of nitrogens with zero attached hydrogens (tertiary/aromatic N) is 5. The number of aromatic nitrogens is 5. The van der Waals surface area contributed by atoms with Gasteiger partial charge >= 0.3 is 0 Å². The standard InChI is InChI=1S/C26H25ClFN5O/c1-14-3-7-21-24(20-8-4-18(27)11-22(20)28)31-25(32-26(21)30-14)16-9-15(2)34-23(10-16)17-12-29-33(13-17)19-5-6-19/h3-4,7-8,11-13,15-16,19,23H,5-6,9-10H2,1-2H3/t15-,16+,23-/m0/s1. The topological polar surface area (TPSA) is 65.7 Å². The summed E-state index contributed by atoms with van der Waals surface area (Å²) in [5.41, 5.74) is 3.45. The highest BCUT2D eigenvalue weighted by atomic mass is 35.5. The largest absolute Gasteiger partial charge is 0.370 e. The molecule has 1 aromatic carbocycles. The van der Waals surface area contributed by atoms with E-state index in [1.807, 2.05) is 29.9 Å². The van der Waals surface area contributed by atoms with Gasteiger partial charge in [0.05, 0.1) is 30.1 Å². The number of hydrogen-bond acceptors (Lipinski definition) is 5. The van der Waals surface area contributed by atoms with E-state index in [-0.39, 0.29) is 18.1 Å². The van der Waals surface area contributed by atoms with Gasteiger partial charge in [0, 0.05) is 39.3 Å². The Labute approximate surface area is 202 Å². The molecule has 1 aliphatic heterocycles. The first-order chi connectivity index (χ1) is 16.4. The van der Waals surface area contributed by atoms with Crippen molar-refractivity contribution < 1.29 is 9.13 Å². The van der Waals surface area contributed by atoms with Crippen LogP contribution in [0.15, 0.2) is 42.7 Å². The van der Waals surface area contributed by atoms with Crippen molar-refractivity contribution in [1.29, 1.82) is 0 Å². The van der Waals surface area contributed by atoms with Gasteiger partial charge < -0.3 is 4.74 Å². The van der Waals surface area contributed by atoms with Crippen LogP contribution in [0.25, 0.3) is 22.3 Å². The minimum Gasteiger partial charge on any atom is -0.370 e. The zero-order chi connectivity index (χ0) is 23.4. The van der Waals surface area contributed by atoms with Gasteiger partial charge in [0.2, 0.25) is 0 Å². The molecule has 0 N–H and O–H groups in total. The van der Waals surface area contributed by atoms with Gasteiger partial charge in [-0.3, -0.25) is 4.68 Å². The third-order valence-corrected chi connectivity index (χ3v) is 6.93. The van der Waals surface area contributed by atoms with Gasteiger partial charge in [-0.15, -0.1) is 0 Å². The molecule has 1 saturated heterocycles. The molecule has 4 heterocycles. The van der Waals surface area contributed by atoms with Crippen LogP contribution in [0.3, 0.4) is 0 Å². The van der Waals surface area contributed by atoms with Crippen LogP contribution >= 0.6 is 11.6 Å². The lowest BCUT2D eigenvalue weighted by molar-refractivity contribution is -0.0511. The fourth-order valence-electron chi connectivity index (χ4n) is 4.82. The Morgan fingerprint density at radius 1 is 1.09 bits per heavy atom. The minimum absolute atomic E-state index is 0.0357. The molecular weight excluding hydrogens is 453 g/mol. The molecule has 0 bridgehead atoms.